The fourth-order valence-electron chi connectivity index (χ4n) is 2.87. The first-order valence-corrected chi connectivity index (χ1v) is 9.12. The van der Waals surface area contributed by atoms with E-state index in [0.29, 0.717) is 5.56 Å². The van der Waals surface area contributed by atoms with Gasteiger partial charge >= 0.3 is 0 Å². The molecule has 28 heavy (non-hydrogen) atoms. The third-order valence-corrected chi connectivity index (χ3v) is 4.14. The summed E-state index contributed by atoms with van der Waals surface area (Å²) < 4.78 is 1.76. The van der Waals surface area contributed by atoms with Crippen LogP contribution in [0.4, 0.5) is 0 Å². The number of hydrogen-bond acceptors (Lipinski definition) is 3. The molecule has 0 unspecified atom stereocenters. The highest BCUT2D eigenvalue weighted by Crippen LogP contribution is 2.26. The molecule has 5 nitrogen and oxygen atoms in total. The van der Waals surface area contributed by atoms with Gasteiger partial charge in [0.15, 0.2) is 0 Å². The molecule has 1 amide bonds. The third kappa shape index (κ3) is 4.36. The maximum atomic E-state index is 12.3. The van der Waals surface area contributed by atoms with Gasteiger partial charge in [-0.2, -0.15) is 10.4 Å². The number of carbonyl (C=O) groups is 1. The molecule has 1 aromatic heterocycles. The van der Waals surface area contributed by atoms with E-state index in [9.17, 15) is 10.1 Å². The molecule has 0 aliphatic rings. The van der Waals surface area contributed by atoms with Gasteiger partial charge in [0.25, 0.3) is 5.91 Å². The van der Waals surface area contributed by atoms with E-state index < -0.39 is 0 Å². The summed E-state index contributed by atoms with van der Waals surface area (Å²) in [5.41, 5.74) is 4.43. The predicted octanol–water partition coefficient (Wildman–Crippen LogP) is 4.28. The number of nitrogens with zero attached hydrogens (tertiary/aromatic N) is 3. The van der Waals surface area contributed by atoms with E-state index in [2.05, 4.69) is 5.32 Å². The monoisotopic (exact) mass is 370 g/mol. The quantitative estimate of drug-likeness (QED) is 0.538. The Morgan fingerprint density at radius 1 is 1.18 bits per heavy atom. The number of rotatable bonds is 5. The van der Waals surface area contributed by atoms with E-state index >= 15 is 0 Å². The number of nitriles is 1. The van der Waals surface area contributed by atoms with E-state index in [0.717, 1.165) is 22.5 Å². The molecule has 3 aromatic rings. The molecule has 140 valence electrons. The van der Waals surface area contributed by atoms with Gasteiger partial charge in [-0.1, -0.05) is 42.0 Å². The molecule has 0 radical (unpaired) electrons. The van der Waals surface area contributed by atoms with Crippen LogP contribution >= 0.6 is 0 Å². The first-order valence-electron chi connectivity index (χ1n) is 9.12. The largest absolute Gasteiger partial charge is 0.349 e. The summed E-state index contributed by atoms with van der Waals surface area (Å²) in [4.78, 5) is 12.3. The van der Waals surface area contributed by atoms with Crippen molar-refractivity contribution in [3.05, 3.63) is 77.5 Å². The molecule has 5 heteroatoms. The average Bonchev–Trinajstić information content (AvgIpc) is 3.10. The van der Waals surface area contributed by atoms with Gasteiger partial charge in [0.1, 0.15) is 17.3 Å². The van der Waals surface area contributed by atoms with Crippen molar-refractivity contribution >= 4 is 12.0 Å². The molecule has 3 rings (SSSR count). The Balaban J connectivity index is 2.13. The van der Waals surface area contributed by atoms with Gasteiger partial charge < -0.3 is 5.32 Å². The van der Waals surface area contributed by atoms with Gasteiger partial charge in [-0.3, -0.25) is 4.79 Å². The zero-order valence-corrected chi connectivity index (χ0v) is 16.2. The molecule has 0 saturated carbocycles. The van der Waals surface area contributed by atoms with Gasteiger partial charge in [-0.15, -0.1) is 0 Å². The summed E-state index contributed by atoms with van der Waals surface area (Å²) in [6.07, 6.45) is 3.44. The average molecular weight is 370 g/mol. The fourth-order valence-corrected chi connectivity index (χ4v) is 2.87. The first-order chi connectivity index (χ1) is 13.5. The molecule has 1 N–H and O–H groups in total. The van der Waals surface area contributed by atoms with Crippen LogP contribution in [0.25, 0.3) is 23.0 Å². The van der Waals surface area contributed by atoms with Crippen LogP contribution in [-0.4, -0.2) is 21.7 Å². The van der Waals surface area contributed by atoms with Crippen molar-refractivity contribution in [1.82, 2.24) is 15.1 Å². The van der Waals surface area contributed by atoms with Crippen LogP contribution in [0.3, 0.4) is 0 Å². The molecular formula is C23H22N4O. The van der Waals surface area contributed by atoms with Crippen LogP contribution in [0, 0.1) is 18.3 Å². The normalized spacial score (nSPS) is 11.3. The molecule has 0 atom stereocenters. The van der Waals surface area contributed by atoms with Crippen LogP contribution in [0.1, 0.15) is 25.0 Å². The molecule has 0 aliphatic heterocycles. The van der Waals surface area contributed by atoms with Gasteiger partial charge in [0.05, 0.1) is 5.69 Å². The second kappa shape index (κ2) is 8.36. The number of benzene rings is 2. The number of amides is 1. The molecule has 0 saturated heterocycles. The van der Waals surface area contributed by atoms with Crippen LogP contribution in [0.2, 0.25) is 0 Å². The fraction of sp³-hybridized carbons (Fsp3) is 0.174. The van der Waals surface area contributed by atoms with E-state index in [1.807, 2.05) is 87.6 Å². The number of aromatic nitrogens is 2. The Hall–Kier alpha value is -3.65. The molecule has 0 bridgehead atoms. The van der Waals surface area contributed by atoms with Crippen molar-refractivity contribution in [2.45, 2.75) is 26.8 Å². The zero-order chi connectivity index (χ0) is 20.1. The van der Waals surface area contributed by atoms with Crippen LogP contribution in [0.15, 0.2) is 66.4 Å². The Kier molecular flexibility index (Phi) is 5.71. The summed E-state index contributed by atoms with van der Waals surface area (Å²) >= 11 is 0. The molecular weight excluding hydrogens is 348 g/mol. The number of hydrogen-bond donors (Lipinski definition) is 1. The van der Waals surface area contributed by atoms with E-state index in [4.69, 9.17) is 5.10 Å². The van der Waals surface area contributed by atoms with Crippen molar-refractivity contribution in [2.24, 2.45) is 0 Å². The molecule has 0 aliphatic carbocycles. The Bertz CT molecular complexity index is 1060. The SMILES string of the molecule is Cc1cccc(-c2nn(-c3ccccc3)cc2/C=C(\C#N)C(=O)NC(C)C)c1. The van der Waals surface area contributed by atoms with Gasteiger partial charge in [-0.05, 0) is 45.0 Å². The molecule has 1 heterocycles. The first kappa shape index (κ1) is 19.1. The zero-order valence-electron chi connectivity index (χ0n) is 16.2. The highest BCUT2D eigenvalue weighted by atomic mass is 16.1. The van der Waals surface area contributed by atoms with Crippen LogP contribution in [0.5, 0.6) is 0 Å². The van der Waals surface area contributed by atoms with Gasteiger partial charge in [0, 0.05) is 23.4 Å². The number of para-hydroxylation sites is 1. The summed E-state index contributed by atoms with van der Waals surface area (Å²) in [6, 6.07) is 19.7. The number of aryl methyl sites for hydroxylation is 1. The summed E-state index contributed by atoms with van der Waals surface area (Å²) in [7, 11) is 0. The second-order valence-electron chi connectivity index (χ2n) is 6.88. The minimum Gasteiger partial charge on any atom is -0.349 e. The predicted molar refractivity (Wildman–Crippen MR) is 111 cm³/mol. The van der Waals surface area contributed by atoms with Crippen LogP contribution in [-0.2, 0) is 4.79 Å². The van der Waals surface area contributed by atoms with Gasteiger partial charge in [0.2, 0.25) is 0 Å². The smallest absolute Gasteiger partial charge is 0.262 e. The van der Waals surface area contributed by atoms with E-state index in [-0.39, 0.29) is 17.5 Å². The Labute approximate surface area is 164 Å². The lowest BCUT2D eigenvalue weighted by atomic mass is 10.0. The lowest BCUT2D eigenvalue weighted by Gasteiger charge is -2.07. The van der Waals surface area contributed by atoms with Crippen LogP contribution < -0.4 is 5.32 Å². The molecule has 2 aromatic carbocycles. The minimum absolute atomic E-state index is 0.0486. The minimum atomic E-state index is -0.389. The highest BCUT2D eigenvalue weighted by Gasteiger charge is 2.15. The number of nitrogens with one attached hydrogen (secondary N) is 1. The van der Waals surface area contributed by atoms with Crippen molar-refractivity contribution in [1.29, 1.82) is 5.26 Å². The topological polar surface area (TPSA) is 70.7 Å². The molecule has 0 fully saturated rings. The second-order valence-corrected chi connectivity index (χ2v) is 6.88. The highest BCUT2D eigenvalue weighted by molar-refractivity contribution is 6.02. The van der Waals surface area contributed by atoms with Crippen molar-refractivity contribution in [3.8, 4) is 23.0 Å². The van der Waals surface area contributed by atoms with E-state index in [1.165, 1.54) is 0 Å². The lowest BCUT2D eigenvalue weighted by Crippen LogP contribution is -2.30. The Morgan fingerprint density at radius 3 is 2.57 bits per heavy atom. The third-order valence-electron chi connectivity index (χ3n) is 4.14. The standard InChI is InChI=1S/C23H22N4O/c1-16(2)25-23(28)19(14-24)13-20-15-27(21-10-5-4-6-11-21)26-22(20)18-9-7-8-17(3)12-18/h4-13,15-16H,1-3H3,(H,25,28)/b19-13+. The van der Waals surface area contributed by atoms with E-state index in [1.54, 1.807) is 10.8 Å². The maximum absolute atomic E-state index is 12.3. The van der Waals surface area contributed by atoms with Crippen molar-refractivity contribution in [3.63, 3.8) is 0 Å². The van der Waals surface area contributed by atoms with Crippen molar-refractivity contribution < 1.29 is 4.79 Å². The molecule has 0 spiro atoms. The summed E-state index contributed by atoms with van der Waals surface area (Å²) in [6.45, 7) is 5.74. The summed E-state index contributed by atoms with van der Waals surface area (Å²) in [5.74, 6) is -0.389. The summed E-state index contributed by atoms with van der Waals surface area (Å²) in [5, 5.41) is 17.0. The Morgan fingerprint density at radius 2 is 1.93 bits per heavy atom. The lowest BCUT2D eigenvalue weighted by molar-refractivity contribution is -0.117. The van der Waals surface area contributed by atoms with Gasteiger partial charge in [-0.25, -0.2) is 4.68 Å². The van der Waals surface area contributed by atoms with Crippen molar-refractivity contribution in [2.75, 3.05) is 0 Å². The maximum Gasteiger partial charge on any atom is 0.262 e. The number of carbonyl (C=O) groups excluding carboxylic acids is 1.